The van der Waals surface area contributed by atoms with Gasteiger partial charge in [0, 0.05) is 5.39 Å². The smallest absolute Gasteiger partial charge is 0.122 e. The summed E-state index contributed by atoms with van der Waals surface area (Å²) >= 11 is 10.8. The molecule has 0 radical (unpaired) electrons. The predicted octanol–water partition coefficient (Wildman–Crippen LogP) is 2.52. The number of pyridine rings is 1. The number of benzene rings is 1. The lowest BCUT2D eigenvalue weighted by molar-refractivity contribution is 1.36. The highest BCUT2D eigenvalue weighted by Gasteiger charge is 2.03. The van der Waals surface area contributed by atoms with Crippen molar-refractivity contribution in [2.75, 3.05) is 0 Å². The first-order valence-electron chi connectivity index (χ1n) is 4.03. The second kappa shape index (κ2) is 3.52. The maximum absolute atomic E-state index is 5.99. The highest BCUT2D eigenvalue weighted by atomic mass is 35.5. The number of hydrogen-bond acceptors (Lipinski definition) is 2. The first-order chi connectivity index (χ1) is 6.68. The summed E-state index contributed by atoms with van der Waals surface area (Å²) in [6.45, 7) is 0. The van der Waals surface area contributed by atoms with Crippen LogP contribution in [0.3, 0.4) is 0 Å². The van der Waals surface area contributed by atoms with Crippen molar-refractivity contribution in [2.24, 2.45) is 5.73 Å². The molecule has 2 rings (SSSR count). The Labute approximate surface area is 91.7 Å². The lowest BCUT2D eigenvalue weighted by Crippen LogP contribution is -2.11. The lowest BCUT2D eigenvalue weighted by Gasteiger charge is -2.02. The van der Waals surface area contributed by atoms with Gasteiger partial charge in [0.15, 0.2) is 0 Å². The van der Waals surface area contributed by atoms with Gasteiger partial charge in [0.2, 0.25) is 0 Å². The van der Waals surface area contributed by atoms with Crippen molar-refractivity contribution in [1.82, 2.24) is 4.98 Å². The summed E-state index contributed by atoms with van der Waals surface area (Å²) < 4.78 is 0. The van der Waals surface area contributed by atoms with Crippen molar-refractivity contribution in [3.05, 3.63) is 41.0 Å². The van der Waals surface area contributed by atoms with Crippen LogP contribution in [0.2, 0.25) is 5.02 Å². The molecule has 0 aliphatic heterocycles. The van der Waals surface area contributed by atoms with Gasteiger partial charge in [-0.1, -0.05) is 42.0 Å². The minimum absolute atomic E-state index is 0.284. The van der Waals surface area contributed by atoms with Crippen LogP contribution in [-0.4, -0.2) is 9.97 Å². The quantitative estimate of drug-likeness (QED) is 0.754. The van der Waals surface area contributed by atoms with Gasteiger partial charge in [-0.3, -0.25) is 0 Å². The van der Waals surface area contributed by atoms with Gasteiger partial charge in [-0.25, -0.2) is 4.98 Å². The number of nitrogens with zero attached hydrogens (tertiary/aromatic N) is 1. The molecular weight excluding hydrogens is 216 g/mol. The summed E-state index contributed by atoms with van der Waals surface area (Å²) in [5.41, 5.74) is 6.81. The molecule has 0 spiro atoms. The number of para-hydroxylation sites is 1. The van der Waals surface area contributed by atoms with E-state index in [9.17, 15) is 0 Å². The minimum Gasteiger partial charge on any atom is -0.388 e. The molecule has 0 atom stereocenters. The maximum atomic E-state index is 5.99. The Hall–Kier alpha value is -1.19. The van der Waals surface area contributed by atoms with E-state index in [0.29, 0.717) is 10.7 Å². The lowest BCUT2D eigenvalue weighted by atomic mass is 10.2. The Morgan fingerprint density at radius 2 is 2.07 bits per heavy atom. The molecule has 1 aromatic carbocycles. The van der Waals surface area contributed by atoms with Crippen LogP contribution in [0.4, 0.5) is 0 Å². The molecule has 0 bridgehead atoms. The first kappa shape index (κ1) is 9.37. The summed E-state index contributed by atoms with van der Waals surface area (Å²) in [7, 11) is 0. The van der Waals surface area contributed by atoms with Crippen molar-refractivity contribution in [1.29, 1.82) is 0 Å². The van der Waals surface area contributed by atoms with Gasteiger partial charge in [-0.15, -0.1) is 0 Å². The van der Waals surface area contributed by atoms with Crippen molar-refractivity contribution in [3.63, 3.8) is 0 Å². The molecule has 70 valence electrons. The Morgan fingerprint density at radius 1 is 1.29 bits per heavy atom. The minimum atomic E-state index is 0.284. The number of aromatic nitrogens is 1. The fourth-order valence-corrected chi connectivity index (χ4v) is 1.59. The van der Waals surface area contributed by atoms with E-state index in [-0.39, 0.29) is 4.99 Å². The van der Waals surface area contributed by atoms with E-state index in [1.807, 2.05) is 18.2 Å². The van der Waals surface area contributed by atoms with Gasteiger partial charge in [0.1, 0.15) is 4.99 Å². The van der Waals surface area contributed by atoms with Crippen molar-refractivity contribution >= 4 is 39.7 Å². The topological polar surface area (TPSA) is 38.9 Å². The molecule has 2 nitrogen and oxygen atoms in total. The van der Waals surface area contributed by atoms with Gasteiger partial charge in [-0.05, 0) is 12.1 Å². The predicted molar refractivity (Wildman–Crippen MR) is 62.6 cm³/mol. The zero-order valence-corrected chi connectivity index (χ0v) is 8.77. The van der Waals surface area contributed by atoms with Crippen LogP contribution in [0, 0.1) is 0 Å². The van der Waals surface area contributed by atoms with Gasteiger partial charge in [-0.2, -0.15) is 0 Å². The molecular formula is C10H7ClN2S. The molecule has 14 heavy (non-hydrogen) atoms. The fraction of sp³-hybridized carbons (Fsp3) is 0. The highest BCUT2D eigenvalue weighted by molar-refractivity contribution is 7.80. The Morgan fingerprint density at radius 3 is 2.79 bits per heavy atom. The summed E-state index contributed by atoms with van der Waals surface area (Å²) in [6.07, 6.45) is 0. The number of rotatable bonds is 1. The average molecular weight is 223 g/mol. The van der Waals surface area contributed by atoms with E-state index in [0.717, 1.165) is 10.9 Å². The summed E-state index contributed by atoms with van der Waals surface area (Å²) in [6, 6.07) is 9.31. The number of halogens is 1. The van der Waals surface area contributed by atoms with Crippen LogP contribution in [0.5, 0.6) is 0 Å². The molecule has 0 amide bonds. The highest BCUT2D eigenvalue weighted by Crippen LogP contribution is 2.21. The third kappa shape index (κ3) is 1.56. The van der Waals surface area contributed by atoms with Gasteiger partial charge in [0.25, 0.3) is 0 Å². The van der Waals surface area contributed by atoms with Crippen LogP contribution < -0.4 is 5.73 Å². The van der Waals surface area contributed by atoms with Gasteiger partial charge >= 0.3 is 0 Å². The Kier molecular flexibility index (Phi) is 2.35. The molecule has 2 aromatic rings. The van der Waals surface area contributed by atoms with E-state index >= 15 is 0 Å². The van der Waals surface area contributed by atoms with Crippen LogP contribution >= 0.6 is 23.8 Å². The average Bonchev–Trinajstić information content (AvgIpc) is 2.18. The zero-order valence-electron chi connectivity index (χ0n) is 7.20. The summed E-state index contributed by atoms with van der Waals surface area (Å²) in [4.78, 5) is 4.56. The second-order valence-corrected chi connectivity index (χ2v) is 3.72. The molecule has 2 N–H and O–H groups in total. The van der Waals surface area contributed by atoms with Crippen LogP contribution in [0.25, 0.3) is 10.9 Å². The third-order valence-corrected chi connectivity index (χ3v) is 2.44. The molecule has 0 saturated carbocycles. The van der Waals surface area contributed by atoms with E-state index < -0.39 is 0 Å². The monoisotopic (exact) mass is 222 g/mol. The van der Waals surface area contributed by atoms with E-state index in [1.165, 1.54) is 0 Å². The Balaban J connectivity index is 2.76. The molecule has 1 heterocycles. The summed E-state index contributed by atoms with van der Waals surface area (Å²) in [5.74, 6) is 0. The Bertz CT molecular complexity index is 510. The third-order valence-electron chi connectivity index (χ3n) is 1.92. The first-order valence-corrected chi connectivity index (χ1v) is 4.82. The van der Waals surface area contributed by atoms with Crippen molar-refractivity contribution in [3.8, 4) is 0 Å². The molecule has 1 aromatic heterocycles. The van der Waals surface area contributed by atoms with Crippen LogP contribution in [-0.2, 0) is 0 Å². The largest absolute Gasteiger partial charge is 0.388 e. The fourth-order valence-electron chi connectivity index (χ4n) is 1.25. The van der Waals surface area contributed by atoms with E-state index in [4.69, 9.17) is 29.6 Å². The molecule has 0 aliphatic rings. The van der Waals surface area contributed by atoms with E-state index in [1.54, 1.807) is 12.1 Å². The van der Waals surface area contributed by atoms with Crippen LogP contribution in [0.15, 0.2) is 30.3 Å². The van der Waals surface area contributed by atoms with Crippen LogP contribution in [0.1, 0.15) is 5.69 Å². The molecule has 0 saturated heterocycles. The number of hydrogen-bond donors (Lipinski definition) is 1. The molecule has 0 unspecified atom stereocenters. The number of nitrogens with two attached hydrogens (primary N) is 1. The number of thiocarbonyl (C=S) groups is 1. The van der Waals surface area contributed by atoms with E-state index in [2.05, 4.69) is 4.98 Å². The SMILES string of the molecule is NC(=S)c1ccc2cccc(Cl)c2n1. The van der Waals surface area contributed by atoms with Gasteiger partial charge in [0.05, 0.1) is 16.2 Å². The maximum Gasteiger partial charge on any atom is 0.122 e. The van der Waals surface area contributed by atoms with Gasteiger partial charge < -0.3 is 5.73 Å². The normalized spacial score (nSPS) is 10.4. The van der Waals surface area contributed by atoms with Crippen molar-refractivity contribution in [2.45, 2.75) is 0 Å². The number of fused-ring (bicyclic) bond motifs is 1. The summed E-state index contributed by atoms with van der Waals surface area (Å²) in [5, 5.41) is 1.60. The molecule has 4 heteroatoms. The van der Waals surface area contributed by atoms with Crippen molar-refractivity contribution < 1.29 is 0 Å². The molecule has 0 fully saturated rings. The standard InChI is InChI=1S/C10H7ClN2S/c11-7-3-1-2-6-4-5-8(10(12)14)13-9(6)7/h1-5H,(H2,12,14). The second-order valence-electron chi connectivity index (χ2n) is 2.87. The zero-order chi connectivity index (χ0) is 10.1. The molecule has 0 aliphatic carbocycles.